The number of aliphatic hydroxyl groups excluding tert-OH is 2. The molecule has 0 aliphatic rings. The summed E-state index contributed by atoms with van der Waals surface area (Å²) in [5.74, 6) is 0. The number of anilines is 1. The van der Waals surface area contributed by atoms with Crippen LogP contribution in [0, 0.1) is 0 Å². The molecule has 0 amide bonds. The molecule has 1 aromatic carbocycles. The predicted molar refractivity (Wildman–Crippen MR) is 70.3 cm³/mol. The van der Waals surface area contributed by atoms with Crippen molar-refractivity contribution in [3.8, 4) is 0 Å². The van der Waals surface area contributed by atoms with Crippen molar-refractivity contribution in [1.29, 1.82) is 0 Å². The van der Waals surface area contributed by atoms with Gasteiger partial charge in [-0.3, -0.25) is 0 Å². The van der Waals surface area contributed by atoms with Gasteiger partial charge in [0, 0.05) is 18.8 Å². The van der Waals surface area contributed by atoms with Crippen LogP contribution in [0.3, 0.4) is 0 Å². The number of aliphatic hydroxyl groups is 2. The van der Waals surface area contributed by atoms with Crippen LogP contribution >= 0.6 is 0 Å². The third-order valence-corrected chi connectivity index (χ3v) is 2.55. The van der Waals surface area contributed by atoms with Gasteiger partial charge >= 0.3 is 0 Å². The zero-order valence-electron chi connectivity index (χ0n) is 10.6. The van der Waals surface area contributed by atoms with Gasteiger partial charge in [0.2, 0.25) is 0 Å². The van der Waals surface area contributed by atoms with Crippen molar-refractivity contribution in [2.24, 2.45) is 0 Å². The smallest absolute Gasteiger partial charge is 0.0942 e. The van der Waals surface area contributed by atoms with Gasteiger partial charge in [0.1, 0.15) is 0 Å². The second kappa shape index (κ2) is 7.27. The summed E-state index contributed by atoms with van der Waals surface area (Å²) in [4.78, 5) is 2.16. The highest BCUT2D eigenvalue weighted by Gasteiger charge is 2.01. The van der Waals surface area contributed by atoms with Gasteiger partial charge in [0.05, 0.1) is 12.7 Å². The molecule has 17 heavy (non-hydrogen) atoms. The molecular weight excluding hydrogens is 216 g/mol. The van der Waals surface area contributed by atoms with E-state index in [9.17, 15) is 5.11 Å². The van der Waals surface area contributed by atoms with Crippen molar-refractivity contribution in [2.45, 2.75) is 12.5 Å². The number of likely N-dealkylation sites (N-methyl/N-ethyl adjacent to an activating group) is 1. The van der Waals surface area contributed by atoms with Crippen LogP contribution < -0.4 is 5.32 Å². The molecule has 0 bridgehead atoms. The first-order chi connectivity index (χ1) is 8.11. The third-order valence-electron chi connectivity index (χ3n) is 2.55. The monoisotopic (exact) mass is 238 g/mol. The minimum absolute atomic E-state index is 0.214. The molecule has 3 N–H and O–H groups in total. The summed E-state index contributed by atoms with van der Waals surface area (Å²) < 4.78 is 0. The molecular formula is C13H22N2O2. The van der Waals surface area contributed by atoms with Gasteiger partial charge in [0.25, 0.3) is 0 Å². The highest BCUT2D eigenvalue weighted by molar-refractivity contribution is 5.44. The summed E-state index contributed by atoms with van der Waals surface area (Å²) in [5, 5.41) is 21.0. The molecule has 0 fully saturated rings. The van der Waals surface area contributed by atoms with Gasteiger partial charge in [-0.25, -0.2) is 0 Å². The normalized spacial score (nSPS) is 12.8. The fraction of sp³-hybridized carbons (Fsp3) is 0.538. The number of benzene rings is 1. The molecule has 0 saturated heterocycles. The summed E-state index contributed by atoms with van der Waals surface area (Å²) in [7, 11) is 4.12. The molecule has 1 rings (SSSR count). The Hall–Kier alpha value is -1.10. The SMILES string of the molecule is CN(C)CCc1ccc(NCC(O)CO)cc1. The Morgan fingerprint density at radius 2 is 1.88 bits per heavy atom. The summed E-state index contributed by atoms with van der Waals surface area (Å²) in [6, 6.07) is 8.15. The lowest BCUT2D eigenvalue weighted by Crippen LogP contribution is -2.22. The molecule has 0 heterocycles. The number of rotatable bonds is 7. The molecule has 1 aromatic rings. The average Bonchev–Trinajstić information content (AvgIpc) is 2.34. The maximum Gasteiger partial charge on any atom is 0.0942 e. The van der Waals surface area contributed by atoms with E-state index in [4.69, 9.17) is 5.11 Å². The van der Waals surface area contributed by atoms with Crippen LogP contribution in [-0.2, 0) is 6.42 Å². The van der Waals surface area contributed by atoms with Gasteiger partial charge in [-0.05, 0) is 38.2 Å². The Balaban J connectivity index is 2.39. The van der Waals surface area contributed by atoms with E-state index >= 15 is 0 Å². The maximum atomic E-state index is 9.20. The second-order valence-corrected chi connectivity index (χ2v) is 4.47. The zero-order valence-corrected chi connectivity index (χ0v) is 10.6. The average molecular weight is 238 g/mol. The van der Waals surface area contributed by atoms with Gasteiger partial charge in [-0.15, -0.1) is 0 Å². The molecule has 0 aliphatic carbocycles. The quantitative estimate of drug-likeness (QED) is 0.649. The zero-order chi connectivity index (χ0) is 12.7. The number of hydrogen-bond donors (Lipinski definition) is 3. The first kappa shape index (κ1) is 14.0. The lowest BCUT2D eigenvalue weighted by Gasteiger charge is -2.12. The van der Waals surface area contributed by atoms with Crippen molar-refractivity contribution in [3.05, 3.63) is 29.8 Å². The second-order valence-electron chi connectivity index (χ2n) is 4.47. The van der Waals surface area contributed by atoms with Crippen LogP contribution in [0.25, 0.3) is 0 Å². The van der Waals surface area contributed by atoms with Gasteiger partial charge < -0.3 is 20.4 Å². The topological polar surface area (TPSA) is 55.7 Å². The molecule has 0 radical (unpaired) electrons. The fourth-order valence-corrected chi connectivity index (χ4v) is 1.44. The Morgan fingerprint density at radius 3 is 2.41 bits per heavy atom. The summed E-state index contributed by atoms with van der Waals surface area (Å²) >= 11 is 0. The Bertz CT molecular complexity index is 312. The van der Waals surface area contributed by atoms with E-state index in [1.54, 1.807) is 0 Å². The lowest BCUT2D eigenvalue weighted by atomic mass is 10.1. The van der Waals surface area contributed by atoms with Crippen LogP contribution in [0.4, 0.5) is 5.69 Å². The van der Waals surface area contributed by atoms with Gasteiger partial charge in [-0.2, -0.15) is 0 Å². The number of hydrogen-bond acceptors (Lipinski definition) is 4. The standard InChI is InChI=1S/C13H22N2O2/c1-15(2)8-7-11-3-5-12(6-4-11)14-9-13(17)10-16/h3-6,13-14,16-17H,7-10H2,1-2H3. The Morgan fingerprint density at radius 1 is 1.24 bits per heavy atom. The maximum absolute atomic E-state index is 9.20. The minimum atomic E-state index is -0.705. The molecule has 1 unspecified atom stereocenters. The highest BCUT2D eigenvalue weighted by Crippen LogP contribution is 2.10. The fourth-order valence-electron chi connectivity index (χ4n) is 1.44. The highest BCUT2D eigenvalue weighted by atomic mass is 16.3. The van der Waals surface area contributed by atoms with Gasteiger partial charge in [-0.1, -0.05) is 12.1 Å². The van der Waals surface area contributed by atoms with Crippen LogP contribution in [0.2, 0.25) is 0 Å². The van der Waals surface area contributed by atoms with E-state index in [1.165, 1.54) is 5.56 Å². The van der Waals surface area contributed by atoms with Crippen LogP contribution in [-0.4, -0.2) is 55.0 Å². The molecule has 1 atom stereocenters. The van der Waals surface area contributed by atoms with E-state index in [1.807, 2.05) is 12.1 Å². The molecule has 0 saturated carbocycles. The third kappa shape index (κ3) is 5.68. The molecule has 0 aliphatic heterocycles. The predicted octanol–water partition coefficient (Wildman–Crippen LogP) is 0.556. The van der Waals surface area contributed by atoms with Gasteiger partial charge in [0.15, 0.2) is 0 Å². The summed E-state index contributed by atoms with van der Waals surface area (Å²) in [5.41, 5.74) is 2.26. The van der Waals surface area contributed by atoms with E-state index in [0.717, 1.165) is 18.7 Å². The Kier molecular flexibility index (Phi) is 5.97. The summed E-state index contributed by atoms with van der Waals surface area (Å²) in [6.45, 7) is 1.19. The first-order valence-electron chi connectivity index (χ1n) is 5.88. The lowest BCUT2D eigenvalue weighted by molar-refractivity contribution is 0.105. The van der Waals surface area contributed by atoms with E-state index in [-0.39, 0.29) is 6.61 Å². The van der Waals surface area contributed by atoms with Crippen molar-refractivity contribution >= 4 is 5.69 Å². The van der Waals surface area contributed by atoms with Crippen LogP contribution in [0.1, 0.15) is 5.56 Å². The summed E-state index contributed by atoms with van der Waals surface area (Å²) in [6.07, 6.45) is 0.329. The molecule has 4 nitrogen and oxygen atoms in total. The van der Waals surface area contributed by atoms with E-state index in [2.05, 4.69) is 36.4 Å². The minimum Gasteiger partial charge on any atom is -0.394 e. The molecule has 0 spiro atoms. The van der Waals surface area contributed by atoms with E-state index in [0.29, 0.717) is 6.54 Å². The van der Waals surface area contributed by atoms with E-state index < -0.39 is 6.10 Å². The van der Waals surface area contributed by atoms with Crippen molar-refractivity contribution in [1.82, 2.24) is 4.90 Å². The van der Waals surface area contributed by atoms with Crippen molar-refractivity contribution < 1.29 is 10.2 Å². The molecule has 0 aromatic heterocycles. The first-order valence-corrected chi connectivity index (χ1v) is 5.88. The molecule has 4 heteroatoms. The van der Waals surface area contributed by atoms with Crippen LogP contribution in [0.5, 0.6) is 0 Å². The molecule has 96 valence electrons. The largest absolute Gasteiger partial charge is 0.394 e. The van der Waals surface area contributed by atoms with Crippen molar-refractivity contribution in [3.63, 3.8) is 0 Å². The Labute approximate surface area is 103 Å². The van der Waals surface area contributed by atoms with Crippen LogP contribution in [0.15, 0.2) is 24.3 Å². The number of nitrogens with one attached hydrogen (secondary N) is 1. The van der Waals surface area contributed by atoms with Crippen molar-refractivity contribution in [2.75, 3.05) is 39.1 Å². The number of nitrogens with zero attached hydrogens (tertiary/aromatic N) is 1.